The molecule has 0 aromatic rings. The van der Waals surface area contributed by atoms with E-state index in [4.69, 9.17) is 37.0 Å². The van der Waals surface area contributed by atoms with Crippen LogP contribution in [0.4, 0.5) is 0 Å². The monoisotopic (exact) mass is 1310 g/mol. The molecule has 89 heavy (non-hydrogen) atoms. The van der Waals surface area contributed by atoms with Gasteiger partial charge in [0.15, 0.2) is 12.2 Å². The lowest BCUT2D eigenvalue weighted by molar-refractivity contribution is -0.161. The zero-order valence-electron chi connectivity index (χ0n) is 57.4. The fourth-order valence-electron chi connectivity index (χ4n) is 10.7. The number of carbonyl (C=O) groups is 4. The molecule has 2 unspecified atom stereocenters. The first kappa shape index (κ1) is 87.1. The average molecular weight is 1310 g/mol. The second-order valence-electron chi connectivity index (χ2n) is 25.3. The van der Waals surface area contributed by atoms with Gasteiger partial charge in [-0.15, -0.1) is 0 Å². The predicted octanol–water partition coefficient (Wildman–Crippen LogP) is 20.3. The highest BCUT2D eigenvalue weighted by molar-refractivity contribution is 7.47. The largest absolute Gasteiger partial charge is 0.472 e. The molecule has 0 rings (SSSR count). The van der Waals surface area contributed by atoms with E-state index in [-0.39, 0.29) is 25.7 Å². The molecule has 0 spiro atoms. The van der Waals surface area contributed by atoms with Gasteiger partial charge in [-0.2, -0.15) is 0 Å². The van der Waals surface area contributed by atoms with Crippen molar-refractivity contribution in [2.45, 2.75) is 386 Å². The van der Waals surface area contributed by atoms with Crippen molar-refractivity contribution >= 4 is 39.5 Å². The summed E-state index contributed by atoms with van der Waals surface area (Å²) in [7, 11) is -9.89. The molecular weight excluding hydrogens is 1170 g/mol. The summed E-state index contributed by atoms with van der Waals surface area (Å²) in [6, 6.07) is 0. The molecule has 0 amide bonds. The van der Waals surface area contributed by atoms with E-state index in [0.717, 1.165) is 96.3 Å². The SMILES string of the molecule is CCCCCCCCCCCCCCCCCCCCCC(=O)O[C@H](COC(=O)CCCCCCCCCCCCC)COP(=O)(O)OC[C@@H](O)COP(=O)(O)OC[C@@H](COC(=O)CCCCCCCCCC)OC(=O)CCCCCCCCCCCCC. The highest BCUT2D eigenvalue weighted by atomic mass is 31.2. The Bertz CT molecular complexity index is 1710. The summed E-state index contributed by atoms with van der Waals surface area (Å²) in [4.78, 5) is 72.4. The molecule has 0 bridgehead atoms. The number of rotatable bonds is 71. The van der Waals surface area contributed by atoms with E-state index in [1.54, 1.807) is 0 Å². The molecule has 528 valence electrons. The first-order valence-electron chi connectivity index (χ1n) is 36.8. The van der Waals surface area contributed by atoms with E-state index in [1.165, 1.54) is 193 Å². The van der Waals surface area contributed by atoms with Crippen LogP contribution in [-0.2, 0) is 65.4 Å². The van der Waals surface area contributed by atoms with Crippen LogP contribution in [0.15, 0.2) is 0 Å². The maximum atomic E-state index is 13.0. The maximum absolute atomic E-state index is 13.0. The lowest BCUT2D eigenvalue weighted by atomic mass is 10.0. The quantitative estimate of drug-likeness (QED) is 0.0222. The molecule has 0 aliphatic carbocycles. The number of aliphatic hydroxyl groups is 1. The van der Waals surface area contributed by atoms with Gasteiger partial charge in [-0.3, -0.25) is 37.3 Å². The van der Waals surface area contributed by atoms with Crippen LogP contribution in [-0.4, -0.2) is 96.7 Å². The van der Waals surface area contributed by atoms with Crippen molar-refractivity contribution in [2.24, 2.45) is 0 Å². The minimum atomic E-state index is -4.95. The Morgan fingerprint density at radius 3 is 0.663 bits per heavy atom. The van der Waals surface area contributed by atoms with Crippen LogP contribution in [0.5, 0.6) is 0 Å². The Morgan fingerprint density at radius 1 is 0.270 bits per heavy atom. The Labute approximate surface area is 543 Å². The van der Waals surface area contributed by atoms with Gasteiger partial charge in [0.25, 0.3) is 0 Å². The number of carbonyl (C=O) groups excluding carboxylic acids is 4. The van der Waals surface area contributed by atoms with Crippen LogP contribution in [0.25, 0.3) is 0 Å². The van der Waals surface area contributed by atoms with Crippen molar-refractivity contribution < 1.29 is 80.2 Å². The fraction of sp³-hybridized carbons (Fsp3) is 0.943. The van der Waals surface area contributed by atoms with Gasteiger partial charge in [0.05, 0.1) is 26.4 Å². The van der Waals surface area contributed by atoms with Crippen molar-refractivity contribution in [3.63, 3.8) is 0 Å². The topological polar surface area (TPSA) is 237 Å². The Kier molecular flexibility index (Phi) is 63.3. The number of aliphatic hydroxyl groups excluding tert-OH is 1. The van der Waals surface area contributed by atoms with Gasteiger partial charge in [0.1, 0.15) is 19.3 Å². The van der Waals surface area contributed by atoms with Gasteiger partial charge >= 0.3 is 39.5 Å². The molecule has 3 N–H and O–H groups in total. The molecule has 17 nitrogen and oxygen atoms in total. The zero-order chi connectivity index (χ0) is 65.4. The van der Waals surface area contributed by atoms with E-state index in [0.29, 0.717) is 25.7 Å². The molecule has 0 heterocycles. The van der Waals surface area contributed by atoms with Crippen LogP contribution in [0.3, 0.4) is 0 Å². The number of ether oxygens (including phenoxy) is 4. The lowest BCUT2D eigenvalue weighted by Gasteiger charge is -2.21. The highest BCUT2D eigenvalue weighted by Crippen LogP contribution is 2.45. The fourth-order valence-corrected chi connectivity index (χ4v) is 12.3. The van der Waals surface area contributed by atoms with Gasteiger partial charge in [-0.1, -0.05) is 317 Å². The summed E-state index contributed by atoms with van der Waals surface area (Å²) < 4.78 is 68.2. The summed E-state index contributed by atoms with van der Waals surface area (Å²) in [5.74, 6) is -2.12. The van der Waals surface area contributed by atoms with Gasteiger partial charge in [0.2, 0.25) is 0 Å². The van der Waals surface area contributed by atoms with Crippen LogP contribution >= 0.6 is 15.6 Å². The van der Waals surface area contributed by atoms with Crippen LogP contribution in [0.2, 0.25) is 0 Å². The van der Waals surface area contributed by atoms with Crippen LogP contribution in [0, 0.1) is 0 Å². The Balaban J connectivity index is 5.17. The molecule has 0 aliphatic heterocycles. The summed E-state index contributed by atoms with van der Waals surface area (Å²) in [6.45, 7) is 4.91. The van der Waals surface area contributed by atoms with Gasteiger partial charge in [0, 0.05) is 25.7 Å². The third kappa shape index (κ3) is 64.6. The van der Waals surface area contributed by atoms with Crippen molar-refractivity contribution in [3.8, 4) is 0 Å². The molecule has 5 atom stereocenters. The summed E-state index contributed by atoms with van der Waals surface area (Å²) >= 11 is 0. The number of phosphoric acid groups is 2. The Morgan fingerprint density at radius 2 is 0.449 bits per heavy atom. The third-order valence-electron chi connectivity index (χ3n) is 16.4. The number of hydrogen-bond acceptors (Lipinski definition) is 15. The smallest absolute Gasteiger partial charge is 0.462 e. The molecular formula is C70H136O17P2. The second-order valence-corrected chi connectivity index (χ2v) is 28.2. The molecule has 0 radical (unpaired) electrons. The minimum absolute atomic E-state index is 0.107. The van der Waals surface area contributed by atoms with E-state index < -0.39 is 97.5 Å². The highest BCUT2D eigenvalue weighted by Gasteiger charge is 2.30. The molecule has 0 aromatic carbocycles. The lowest BCUT2D eigenvalue weighted by Crippen LogP contribution is -2.30. The average Bonchev–Trinajstić information content (AvgIpc) is 3.64. The number of unbranched alkanes of at least 4 members (excludes halogenated alkanes) is 45. The standard InChI is InChI=1S/C70H136O17P2/c1-5-9-13-17-21-25-28-29-30-31-32-33-34-35-38-41-45-49-53-57-70(75)87-66(61-81-68(73)55-51-47-43-39-36-26-22-18-14-10-6-2)63-85-89(78,79)83-59-64(71)58-82-88(76,77)84-62-65(60-80-67(72)54-50-46-42-24-20-16-12-8-4)86-69(74)56-52-48-44-40-37-27-23-19-15-11-7-3/h64-66,71H,5-63H2,1-4H3,(H,76,77)(H,78,79)/t64-,65+,66+/m0/s1. The predicted molar refractivity (Wildman–Crippen MR) is 359 cm³/mol. The van der Waals surface area contributed by atoms with Crippen molar-refractivity contribution in [1.29, 1.82) is 0 Å². The normalized spacial score (nSPS) is 14.0. The zero-order valence-corrected chi connectivity index (χ0v) is 59.2. The molecule has 0 aromatic heterocycles. The second kappa shape index (κ2) is 64.8. The minimum Gasteiger partial charge on any atom is -0.462 e. The maximum Gasteiger partial charge on any atom is 0.472 e. The number of phosphoric ester groups is 2. The van der Waals surface area contributed by atoms with E-state index >= 15 is 0 Å². The van der Waals surface area contributed by atoms with Crippen molar-refractivity contribution in [2.75, 3.05) is 39.6 Å². The summed E-state index contributed by atoms with van der Waals surface area (Å²) in [6.07, 6.45) is 52.7. The van der Waals surface area contributed by atoms with E-state index in [9.17, 15) is 43.2 Å². The number of hydrogen-bond donors (Lipinski definition) is 3. The Hall–Kier alpha value is -1.94. The van der Waals surface area contributed by atoms with Crippen molar-refractivity contribution in [1.82, 2.24) is 0 Å². The van der Waals surface area contributed by atoms with Crippen LogP contribution in [0.1, 0.15) is 368 Å². The number of esters is 4. The van der Waals surface area contributed by atoms with E-state index in [2.05, 4.69) is 27.7 Å². The molecule has 0 saturated carbocycles. The van der Waals surface area contributed by atoms with Gasteiger partial charge in [-0.05, 0) is 25.7 Å². The molecule has 0 aliphatic rings. The van der Waals surface area contributed by atoms with E-state index in [1.807, 2.05) is 0 Å². The molecule has 0 saturated heterocycles. The first-order valence-corrected chi connectivity index (χ1v) is 39.8. The summed E-state index contributed by atoms with van der Waals surface area (Å²) in [5, 5.41) is 10.6. The summed E-state index contributed by atoms with van der Waals surface area (Å²) in [5.41, 5.74) is 0. The third-order valence-corrected chi connectivity index (χ3v) is 18.3. The van der Waals surface area contributed by atoms with Gasteiger partial charge in [-0.25, -0.2) is 9.13 Å². The van der Waals surface area contributed by atoms with Gasteiger partial charge < -0.3 is 33.8 Å². The first-order chi connectivity index (χ1) is 43.2. The van der Waals surface area contributed by atoms with Crippen molar-refractivity contribution in [3.05, 3.63) is 0 Å². The molecule has 19 heteroatoms. The molecule has 0 fully saturated rings. The van der Waals surface area contributed by atoms with Crippen LogP contribution < -0.4 is 0 Å².